The van der Waals surface area contributed by atoms with Crippen LogP contribution in [0.2, 0.25) is 0 Å². The van der Waals surface area contributed by atoms with Gasteiger partial charge in [-0.25, -0.2) is 0 Å². The molecule has 1 amide bonds. The van der Waals surface area contributed by atoms with Gasteiger partial charge in [-0.2, -0.15) is 26.3 Å². The van der Waals surface area contributed by atoms with E-state index in [1.165, 1.54) is 0 Å². The van der Waals surface area contributed by atoms with Crippen molar-refractivity contribution in [2.24, 2.45) is 5.92 Å². The van der Waals surface area contributed by atoms with E-state index in [1.807, 2.05) is 60.7 Å². The van der Waals surface area contributed by atoms with E-state index in [9.17, 15) is 31.1 Å². The number of hydrogen-bond donors (Lipinski definition) is 2. The van der Waals surface area contributed by atoms with Crippen LogP contribution in [-0.4, -0.2) is 31.2 Å². The topological polar surface area (TPSA) is 59.6 Å². The van der Waals surface area contributed by atoms with Crippen molar-refractivity contribution in [3.8, 4) is 5.75 Å². The van der Waals surface area contributed by atoms with Gasteiger partial charge in [-0.1, -0.05) is 48.5 Å². The number of halogens is 6. The smallest absolute Gasteiger partial charge is 0.416 e. The molecule has 5 nitrogen and oxygen atoms in total. The van der Waals surface area contributed by atoms with Gasteiger partial charge in [0.2, 0.25) is 5.91 Å². The van der Waals surface area contributed by atoms with Crippen LogP contribution in [0.25, 0.3) is 0 Å². The molecule has 224 valence electrons. The molecule has 2 aliphatic heterocycles. The normalized spacial score (nSPS) is 23.9. The molecule has 2 fully saturated rings. The van der Waals surface area contributed by atoms with E-state index in [2.05, 4.69) is 10.6 Å². The predicted octanol–water partition coefficient (Wildman–Crippen LogP) is 6.47. The van der Waals surface area contributed by atoms with Crippen molar-refractivity contribution in [2.75, 3.05) is 13.2 Å². The molecule has 2 heterocycles. The first-order valence-electron chi connectivity index (χ1n) is 13.6. The molecule has 4 atom stereocenters. The maximum atomic E-state index is 13.4. The Labute approximate surface area is 239 Å². The summed E-state index contributed by atoms with van der Waals surface area (Å²) in [6, 6.07) is 19.8. The number of hydrogen-bond acceptors (Lipinski definition) is 4. The van der Waals surface area contributed by atoms with Crippen LogP contribution >= 0.6 is 0 Å². The molecule has 11 heteroatoms. The third-order valence-electron chi connectivity index (χ3n) is 7.90. The lowest BCUT2D eigenvalue weighted by Gasteiger charge is -2.42. The molecule has 42 heavy (non-hydrogen) atoms. The Morgan fingerprint density at radius 1 is 0.881 bits per heavy atom. The van der Waals surface area contributed by atoms with Gasteiger partial charge in [0.25, 0.3) is 0 Å². The van der Waals surface area contributed by atoms with Crippen molar-refractivity contribution >= 4 is 5.91 Å². The largest absolute Gasteiger partial charge is 0.492 e. The average Bonchev–Trinajstić information content (AvgIpc) is 3.29. The van der Waals surface area contributed by atoms with E-state index < -0.39 is 47.6 Å². The molecule has 2 aliphatic rings. The molecule has 2 N–H and O–H groups in total. The van der Waals surface area contributed by atoms with Crippen LogP contribution in [0.15, 0.2) is 78.9 Å². The Hall–Kier alpha value is -3.57. The Bertz CT molecular complexity index is 1330. The van der Waals surface area contributed by atoms with Gasteiger partial charge >= 0.3 is 12.4 Å². The molecule has 0 aromatic heterocycles. The maximum absolute atomic E-state index is 13.4. The summed E-state index contributed by atoms with van der Waals surface area (Å²) in [5, 5.41) is 6.48. The van der Waals surface area contributed by atoms with Gasteiger partial charge < -0.3 is 20.1 Å². The van der Waals surface area contributed by atoms with Crippen LogP contribution in [0.3, 0.4) is 0 Å². The fraction of sp³-hybridized carbons (Fsp3) is 0.387. The minimum Gasteiger partial charge on any atom is -0.492 e. The van der Waals surface area contributed by atoms with Gasteiger partial charge in [0, 0.05) is 6.04 Å². The van der Waals surface area contributed by atoms with Gasteiger partial charge in [0.15, 0.2) is 0 Å². The number of ether oxygens (including phenoxy) is 2. The number of rotatable bonds is 9. The number of amides is 1. The Morgan fingerprint density at radius 2 is 1.50 bits per heavy atom. The van der Waals surface area contributed by atoms with E-state index in [0.717, 1.165) is 5.56 Å². The molecule has 0 spiro atoms. The Kier molecular flexibility index (Phi) is 8.52. The van der Waals surface area contributed by atoms with Crippen molar-refractivity contribution in [3.63, 3.8) is 0 Å². The van der Waals surface area contributed by atoms with E-state index >= 15 is 0 Å². The fourth-order valence-corrected chi connectivity index (χ4v) is 5.97. The number of carbonyl (C=O) groups is 1. The van der Waals surface area contributed by atoms with Crippen LogP contribution in [0.4, 0.5) is 26.3 Å². The van der Waals surface area contributed by atoms with E-state index in [4.69, 9.17) is 9.47 Å². The number of carbonyl (C=O) groups excluding carboxylic acids is 1. The highest BCUT2D eigenvalue weighted by Crippen LogP contribution is 2.48. The molecule has 0 saturated carbocycles. The quantitative estimate of drug-likeness (QED) is 0.221. The summed E-state index contributed by atoms with van der Waals surface area (Å²) in [4.78, 5) is 13.3. The van der Waals surface area contributed by atoms with Crippen LogP contribution < -0.4 is 15.4 Å². The lowest BCUT2D eigenvalue weighted by atomic mass is 9.80. The first kappa shape index (κ1) is 29.9. The molecule has 2 saturated heterocycles. The van der Waals surface area contributed by atoms with Gasteiger partial charge in [-0.3, -0.25) is 4.79 Å². The van der Waals surface area contributed by atoms with Crippen molar-refractivity contribution < 1.29 is 40.6 Å². The zero-order valence-electron chi connectivity index (χ0n) is 22.5. The zero-order valence-corrected chi connectivity index (χ0v) is 22.5. The van der Waals surface area contributed by atoms with Crippen molar-refractivity contribution in [2.45, 2.75) is 55.9 Å². The van der Waals surface area contributed by atoms with Crippen LogP contribution in [-0.2, 0) is 34.0 Å². The number of alkyl halides is 6. The molecule has 3 aromatic rings. The predicted molar refractivity (Wildman–Crippen MR) is 142 cm³/mol. The van der Waals surface area contributed by atoms with Gasteiger partial charge in [0.05, 0.1) is 41.8 Å². The standard InChI is InChI=1S/C31H30F6N2O3/c32-30(33,34)22-15-20(16-23(17-22)31(35,36)37)19-42-27-12-11-26-25(18-29(27,39-26)21-7-3-1-4-8-21)28(40)38-13-14-41-24-9-5-2-6-10-24/h1-10,15-17,25-27,39H,11-14,18-19H2,(H,38,40). The molecule has 4 unspecified atom stereocenters. The molecule has 0 aliphatic carbocycles. The molecule has 3 aromatic carbocycles. The summed E-state index contributed by atoms with van der Waals surface area (Å²) >= 11 is 0. The zero-order chi connectivity index (χ0) is 30.0. The minimum atomic E-state index is -4.95. The first-order chi connectivity index (χ1) is 20.0. The average molecular weight is 593 g/mol. The van der Waals surface area contributed by atoms with Gasteiger partial charge in [-0.05, 0) is 60.7 Å². The van der Waals surface area contributed by atoms with Crippen LogP contribution in [0.5, 0.6) is 5.75 Å². The minimum absolute atomic E-state index is 0.104. The number of benzene rings is 3. The van der Waals surface area contributed by atoms with Gasteiger partial charge in [0.1, 0.15) is 12.4 Å². The van der Waals surface area contributed by atoms with Gasteiger partial charge in [-0.15, -0.1) is 0 Å². The number of piperidine rings is 1. The summed E-state index contributed by atoms with van der Waals surface area (Å²) in [6.07, 6.45) is -9.11. The summed E-state index contributed by atoms with van der Waals surface area (Å²) in [7, 11) is 0. The number of para-hydroxylation sites is 1. The second kappa shape index (κ2) is 12.0. The van der Waals surface area contributed by atoms with Crippen molar-refractivity contribution in [1.29, 1.82) is 0 Å². The third-order valence-corrected chi connectivity index (χ3v) is 7.90. The van der Waals surface area contributed by atoms with Crippen molar-refractivity contribution in [3.05, 3.63) is 101 Å². The summed E-state index contributed by atoms with van der Waals surface area (Å²) in [5.41, 5.74) is -3.01. The third kappa shape index (κ3) is 6.57. The Balaban J connectivity index is 1.31. The second-order valence-electron chi connectivity index (χ2n) is 10.6. The fourth-order valence-electron chi connectivity index (χ4n) is 5.97. The molecule has 2 bridgehead atoms. The molecular weight excluding hydrogens is 562 g/mol. The first-order valence-corrected chi connectivity index (χ1v) is 13.6. The van der Waals surface area contributed by atoms with Crippen molar-refractivity contribution in [1.82, 2.24) is 10.6 Å². The highest BCUT2D eigenvalue weighted by molar-refractivity contribution is 5.80. The van der Waals surface area contributed by atoms with Crippen LogP contribution in [0, 0.1) is 5.92 Å². The SMILES string of the molecule is O=C(NCCOc1ccccc1)C1CC2(c3ccccc3)NC1CCC2OCc1cc(C(F)(F)F)cc(C(F)(F)F)c1. The van der Waals surface area contributed by atoms with E-state index in [1.54, 1.807) is 0 Å². The second-order valence-corrected chi connectivity index (χ2v) is 10.6. The van der Waals surface area contributed by atoms with E-state index in [-0.39, 0.29) is 30.2 Å². The lowest BCUT2D eigenvalue weighted by molar-refractivity contribution is -0.143. The number of nitrogens with one attached hydrogen (secondary N) is 2. The lowest BCUT2D eigenvalue weighted by Crippen LogP contribution is -2.54. The molecule has 0 radical (unpaired) electrons. The highest BCUT2D eigenvalue weighted by atomic mass is 19.4. The highest BCUT2D eigenvalue weighted by Gasteiger charge is 2.56. The summed E-state index contributed by atoms with van der Waals surface area (Å²) in [5.74, 6) is 0.118. The number of fused-ring (bicyclic) bond motifs is 2. The maximum Gasteiger partial charge on any atom is 0.416 e. The Morgan fingerprint density at radius 3 is 2.12 bits per heavy atom. The molecule has 5 rings (SSSR count). The monoisotopic (exact) mass is 592 g/mol. The summed E-state index contributed by atoms with van der Waals surface area (Å²) < 4.78 is 92.1. The summed E-state index contributed by atoms with van der Waals surface area (Å²) in [6.45, 7) is 0.131. The van der Waals surface area contributed by atoms with E-state index in [0.29, 0.717) is 43.7 Å². The van der Waals surface area contributed by atoms with Crippen LogP contribution in [0.1, 0.15) is 41.5 Å². The molecular formula is C31H30F6N2O3.